The fraction of sp³-hybridized carbons (Fsp3) is 0.455. The number of hydrogen-bond acceptors (Lipinski definition) is 3. The number of halogens is 4. The maximum atomic E-state index is 12.2. The monoisotopic (exact) mass is 375 g/mol. The fourth-order valence-electron chi connectivity index (χ4n) is 1.58. The van der Waals surface area contributed by atoms with Gasteiger partial charge < -0.3 is 4.74 Å². The van der Waals surface area contributed by atoms with Gasteiger partial charge in [0, 0.05) is 10.5 Å². The largest absolute Gasteiger partial charge is 0.495 e. The van der Waals surface area contributed by atoms with Gasteiger partial charge in [-0.3, -0.25) is 0 Å². The van der Waals surface area contributed by atoms with Gasteiger partial charge in [0.2, 0.25) is 10.0 Å². The Kier molecular flexibility index (Phi) is 5.45. The van der Waals surface area contributed by atoms with E-state index in [-0.39, 0.29) is 10.6 Å². The molecule has 20 heavy (non-hydrogen) atoms. The van der Waals surface area contributed by atoms with Gasteiger partial charge in [0.25, 0.3) is 0 Å². The van der Waals surface area contributed by atoms with Crippen molar-refractivity contribution >= 4 is 26.0 Å². The first-order chi connectivity index (χ1) is 9.05. The van der Waals surface area contributed by atoms with Crippen molar-refractivity contribution in [3.05, 3.63) is 22.7 Å². The molecule has 0 bridgehead atoms. The molecule has 0 saturated carbocycles. The van der Waals surface area contributed by atoms with Gasteiger partial charge in [-0.2, -0.15) is 13.2 Å². The summed E-state index contributed by atoms with van der Waals surface area (Å²) in [4.78, 5) is -0.219. The van der Waals surface area contributed by atoms with Crippen molar-refractivity contribution in [2.75, 3.05) is 7.11 Å². The molecule has 1 aromatic carbocycles. The highest BCUT2D eigenvalue weighted by molar-refractivity contribution is 9.10. The third-order valence-corrected chi connectivity index (χ3v) is 4.41. The summed E-state index contributed by atoms with van der Waals surface area (Å²) in [6, 6.07) is 2.97. The van der Waals surface area contributed by atoms with Gasteiger partial charge in [0.1, 0.15) is 10.6 Å². The second-order valence-electron chi connectivity index (χ2n) is 4.14. The van der Waals surface area contributed by atoms with E-state index in [9.17, 15) is 21.6 Å². The number of methoxy groups -OCH3 is 1. The van der Waals surface area contributed by atoms with Gasteiger partial charge in [-0.15, -0.1) is 0 Å². The minimum absolute atomic E-state index is 0.0555. The van der Waals surface area contributed by atoms with Crippen LogP contribution in [-0.4, -0.2) is 27.7 Å². The predicted octanol–water partition coefficient (Wildman–Crippen LogP) is 3.08. The molecular formula is C11H13BrF3NO3S. The molecule has 0 heterocycles. The molecule has 0 radical (unpaired) electrons. The summed E-state index contributed by atoms with van der Waals surface area (Å²) >= 11 is 3.11. The first-order valence-corrected chi connectivity index (χ1v) is 7.75. The van der Waals surface area contributed by atoms with E-state index in [4.69, 9.17) is 4.74 Å². The lowest BCUT2D eigenvalue weighted by molar-refractivity contribution is -0.137. The van der Waals surface area contributed by atoms with Crippen LogP contribution in [0.3, 0.4) is 0 Å². The third-order valence-electron chi connectivity index (χ3n) is 2.31. The Hall–Kier alpha value is -0.800. The highest BCUT2D eigenvalue weighted by Crippen LogP contribution is 2.28. The van der Waals surface area contributed by atoms with Crippen molar-refractivity contribution in [1.82, 2.24) is 4.72 Å². The molecule has 1 N–H and O–H groups in total. The molecule has 1 unspecified atom stereocenters. The Labute approximate surface area is 123 Å². The van der Waals surface area contributed by atoms with Crippen molar-refractivity contribution in [2.45, 2.75) is 30.5 Å². The summed E-state index contributed by atoms with van der Waals surface area (Å²) in [7, 11) is -2.82. The van der Waals surface area contributed by atoms with E-state index < -0.39 is 28.7 Å². The molecule has 0 aliphatic rings. The van der Waals surface area contributed by atoms with Crippen LogP contribution in [0.4, 0.5) is 13.2 Å². The summed E-state index contributed by atoms with van der Waals surface area (Å²) in [6.45, 7) is 1.15. The average molecular weight is 376 g/mol. The standard InChI is InChI=1S/C11H13BrF3NO3S/c1-7(6-11(13,14)15)16-20(17,18)10-5-8(12)3-4-9(10)19-2/h3-5,7,16H,6H2,1-2H3. The zero-order valence-electron chi connectivity index (χ0n) is 10.7. The Morgan fingerprint density at radius 3 is 2.50 bits per heavy atom. The van der Waals surface area contributed by atoms with Crippen molar-refractivity contribution in [1.29, 1.82) is 0 Å². The van der Waals surface area contributed by atoms with Gasteiger partial charge in [0.15, 0.2) is 0 Å². The molecule has 4 nitrogen and oxygen atoms in total. The smallest absolute Gasteiger partial charge is 0.390 e. The molecule has 114 valence electrons. The first kappa shape index (κ1) is 17.3. The quantitative estimate of drug-likeness (QED) is 0.860. The van der Waals surface area contributed by atoms with Crippen molar-refractivity contribution in [3.8, 4) is 5.75 Å². The van der Waals surface area contributed by atoms with Gasteiger partial charge in [-0.05, 0) is 25.1 Å². The molecule has 9 heteroatoms. The molecular weight excluding hydrogens is 363 g/mol. The van der Waals surface area contributed by atoms with E-state index in [0.29, 0.717) is 4.47 Å². The first-order valence-electron chi connectivity index (χ1n) is 5.48. The SMILES string of the molecule is COc1ccc(Br)cc1S(=O)(=O)NC(C)CC(F)(F)F. The lowest BCUT2D eigenvalue weighted by Gasteiger charge is -2.17. The molecule has 0 amide bonds. The number of nitrogens with one attached hydrogen (secondary N) is 1. The Morgan fingerprint density at radius 1 is 1.40 bits per heavy atom. The van der Waals surface area contributed by atoms with Crippen LogP contribution in [-0.2, 0) is 10.0 Å². The van der Waals surface area contributed by atoms with Gasteiger partial charge in [-0.25, -0.2) is 13.1 Å². The predicted molar refractivity (Wildman–Crippen MR) is 71.1 cm³/mol. The van der Waals surface area contributed by atoms with Crippen molar-refractivity contribution < 1.29 is 26.3 Å². The normalized spacial score (nSPS) is 14.1. The van der Waals surface area contributed by atoms with Gasteiger partial charge in [-0.1, -0.05) is 15.9 Å². The molecule has 1 rings (SSSR count). The van der Waals surface area contributed by atoms with Crippen LogP contribution >= 0.6 is 15.9 Å². The minimum Gasteiger partial charge on any atom is -0.495 e. The number of benzene rings is 1. The molecule has 0 fully saturated rings. The van der Waals surface area contributed by atoms with E-state index in [1.807, 2.05) is 4.72 Å². The second kappa shape index (κ2) is 6.31. The van der Waals surface area contributed by atoms with Crippen LogP contribution in [0.25, 0.3) is 0 Å². The van der Waals surface area contributed by atoms with Gasteiger partial charge >= 0.3 is 6.18 Å². The van der Waals surface area contributed by atoms with Crippen molar-refractivity contribution in [3.63, 3.8) is 0 Å². The van der Waals surface area contributed by atoms with Crippen LogP contribution in [0, 0.1) is 0 Å². The Bertz CT molecular complexity index is 575. The number of hydrogen-bond donors (Lipinski definition) is 1. The summed E-state index contributed by atoms with van der Waals surface area (Å²) in [5, 5.41) is 0. The van der Waals surface area contributed by atoms with Crippen molar-refractivity contribution in [2.24, 2.45) is 0 Å². The summed E-state index contributed by atoms with van der Waals surface area (Å²) in [5.74, 6) is 0.0555. The number of sulfonamides is 1. The van der Waals surface area contributed by atoms with Crippen LogP contribution in [0.2, 0.25) is 0 Å². The van der Waals surface area contributed by atoms with Crippen LogP contribution in [0.15, 0.2) is 27.6 Å². The van der Waals surface area contributed by atoms with E-state index in [1.54, 1.807) is 6.07 Å². The maximum absolute atomic E-state index is 12.2. The molecule has 1 aromatic rings. The Morgan fingerprint density at radius 2 is 2.00 bits per heavy atom. The molecule has 0 saturated heterocycles. The van der Waals surface area contributed by atoms with E-state index >= 15 is 0 Å². The highest BCUT2D eigenvalue weighted by Gasteiger charge is 2.32. The molecule has 0 aliphatic carbocycles. The number of alkyl halides is 3. The third kappa shape index (κ3) is 4.95. The van der Waals surface area contributed by atoms with E-state index in [0.717, 1.165) is 6.92 Å². The van der Waals surface area contributed by atoms with Crippen LogP contribution in [0.5, 0.6) is 5.75 Å². The Balaban J connectivity index is 3.03. The molecule has 0 spiro atoms. The zero-order chi connectivity index (χ0) is 15.6. The van der Waals surface area contributed by atoms with E-state index in [1.165, 1.54) is 19.2 Å². The van der Waals surface area contributed by atoms with Crippen LogP contribution in [0.1, 0.15) is 13.3 Å². The second-order valence-corrected chi connectivity index (χ2v) is 6.73. The fourth-order valence-corrected chi connectivity index (χ4v) is 3.53. The lowest BCUT2D eigenvalue weighted by Crippen LogP contribution is -2.36. The minimum atomic E-state index is -4.44. The zero-order valence-corrected chi connectivity index (χ0v) is 13.1. The van der Waals surface area contributed by atoms with E-state index in [2.05, 4.69) is 15.9 Å². The molecule has 0 aromatic heterocycles. The summed E-state index contributed by atoms with van der Waals surface area (Å²) in [6.07, 6.45) is -5.69. The number of rotatable bonds is 5. The topological polar surface area (TPSA) is 55.4 Å². The molecule has 1 atom stereocenters. The summed E-state index contributed by atoms with van der Waals surface area (Å²) in [5.41, 5.74) is 0. The average Bonchev–Trinajstić information content (AvgIpc) is 2.25. The number of ether oxygens (including phenoxy) is 1. The highest BCUT2D eigenvalue weighted by atomic mass is 79.9. The van der Waals surface area contributed by atoms with Crippen LogP contribution < -0.4 is 9.46 Å². The summed E-state index contributed by atoms with van der Waals surface area (Å²) < 4.78 is 68.2. The lowest BCUT2D eigenvalue weighted by atomic mass is 10.2. The van der Waals surface area contributed by atoms with Gasteiger partial charge in [0.05, 0.1) is 13.5 Å². The molecule has 0 aliphatic heterocycles. The maximum Gasteiger partial charge on any atom is 0.390 e.